The summed E-state index contributed by atoms with van der Waals surface area (Å²) in [5, 5.41) is 9.24. The molecule has 1 aromatic carbocycles. The van der Waals surface area contributed by atoms with Gasteiger partial charge in [0.1, 0.15) is 5.75 Å². The Morgan fingerprint density at radius 3 is 2.42 bits per heavy atom. The molecular weight excluding hydrogens is 384 g/mol. The minimum atomic E-state index is -0.475. The second-order valence-electron chi connectivity index (χ2n) is 2.15. The lowest BCUT2D eigenvalue weighted by Gasteiger charge is -2.02. The van der Waals surface area contributed by atoms with Crippen LogP contribution in [0.4, 0.5) is 0 Å². The number of carbonyl (C=O) groups is 1. The van der Waals surface area contributed by atoms with Crippen molar-refractivity contribution in [2.24, 2.45) is 5.73 Å². The Morgan fingerprint density at radius 2 is 1.92 bits per heavy atom. The number of rotatable bonds is 1. The van der Waals surface area contributed by atoms with Crippen LogP contribution >= 0.6 is 45.2 Å². The molecule has 0 heterocycles. The predicted molar refractivity (Wildman–Crippen MR) is 62.1 cm³/mol. The zero-order valence-electron chi connectivity index (χ0n) is 5.84. The zero-order chi connectivity index (χ0) is 9.30. The van der Waals surface area contributed by atoms with Crippen LogP contribution in [0.2, 0.25) is 0 Å². The van der Waals surface area contributed by atoms with Crippen LogP contribution in [0.3, 0.4) is 0 Å². The monoisotopic (exact) mass is 389 g/mol. The number of phenols is 1. The maximum atomic E-state index is 10.8. The highest BCUT2D eigenvalue weighted by molar-refractivity contribution is 14.1. The Labute approximate surface area is 96.6 Å². The summed E-state index contributed by atoms with van der Waals surface area (Å²) >= 11 is 3.89. The first-order valence-electron chi connectivity index (χ1n) is 3.00. The number of primary amides is 1. The van der Waals surface area contributed by atoms with E-state index in [1.54, 1.807) is 6.07 Å². The molecule has 0 saturated heterocycles. The average Bonchev–Trinajstić information content (AvgIpc) is 1.96. The third-order valence-corrected chi connectivity index (χ3v) is 3.06. The predicted octanol–water partition coefficient (Wildman–Crippen LogP) is 1.70. The van der Waals surface area contributed by atoms with Gasteiger partial charge in [0.25, 0.3) is 0 Å². The van der Waals surface area contributed by atoms with E-state index < -0.39 is 5.91 Å². The van der Waals surface area contributed by atoms with Gasteiger partial charge in [0.15, 0.2) is 0 Å². The molecule has 0 unspecified atom stereocenters. The van der Waals surface area contributed by atoms with Gasteiger partial charge in [0, 0.05) is 3.57 Å². The number of phenolic OH excluding ortho intramolecular Hbond substituents is 1. The fourth-order valence-corrected chi connectivity index (χ4v) is 1.91. The van der Waals surface area contributed by atoms with Crippen molar-refractivity contribution in [3.8, 4) is 5.75 Å². The van der Waals surface area contributed by atoms with Crippen molar-refractivity contribution in [3.63, 3.8) is 0 Å². The van der Waals surface area contributed by atoms with Crippen LogP contribution < -0.4 is 5.73 Å². The molecule has 12 heavy (non-hydrogen) atoms. The fraction of sp³-hybridized carbons (Fsp3) is 0. The molecule has 1 aromatic rings. The second-order valence-corrected chi connectivity index (χ2v) is 4.47. The van der Waals surface area contributed by atoms with Crippen LogP contribution in [0.5, 0.6) is 5.75 Å². The van der Waals surface area contributed by atoms with E-state index in [9.17, 15) is 9.90 Å². The van der Waals surface area contributed by atoms with Crippen molar-refractivity contribution in [2.45, 2.75) is 0 Å². The Kier molecular flexibility index (Phi) is 3.16. The van der Waals surface area contributed by atoms with Gasteiger partial charge in [-0.25, -0.2) is 0 Å². The molecule has 0 aliphatic rings. The molecule has 1 rings (SSSR count). The van der Waals surface area contributed by atoms with Crippen molar-refractivity contribution in [1.82, 2.24) is 0 Å². The van der Waals surface area contributed by atoms with Gasteiger partial charge in [-0.15, -0.1) is 0 Å². The molecule has 5 heteroatoms. The standard InChI is InChI=1S/C7H5I2NO2/c8-4-2-6(11)5(9)1-3(4)7(10)12/h1-2,11H,(H2,10,12). The van der Waals surface area contributed by atoms with Crippen molar-refractivity contribution in [2.75, 3.05) is 0 Å². The van der Waals surface area contributed by atoms with Gasteiger partial charge in [-0.2, -0.15) is 0 Å². The van der Waals surface area contributed by atoms with E-state index in [4.69, 9.17) is 5.73 Å². The van der Waals surface area contributed by atoms with E-state index >= 15 is 0 Å². The molecule has 0 atom stereocenters. The number of carbonyl (C=O) groups excluding carboxylic acids is 1. The minimum absolute atomic E-state index is 0.171. The Hall–Kier alpha value is -0.0500. The molecule has 0 saturated carbocycles. The Bertz CT molecular complexity index is 338. The van der Waals surface area contributed by atoms with Crippen LogP contribution in [0.25, 0.3) is 0 Å². The first-order chi connectivity index (χ1) is 5.52. The number of benzene rings is 1. The summed E-state index contributed by atoms with van der Waals surface area (Å²) in [5.74, 6) is -0.303. The van der Waals surface area contributed by atoms with Crippen molar-refractivity contribution >= 4 is 51.1 Å². The first kappa shape index (κ1) is 10.0. The van der Waals surface area contributed by atoms with Crippen LogP contribution in [-0.4, -0.2) is 11.0 Å². The van der Waals surface area contributed by atoms with Crippen molar-refractivity contribution in [3.05, 3.63) is 24.8 Å². The number of aromatic hydroxyl groups is 1. The van der Waals surface area contributed by atoms with E-state index in [0.29, 0.717) is 12.7 Å². The SMILES string of the molecule is NC(=O)c1cc(I)c(O)cc1I. The fourth-order valence-electron chi connectivity index (χ4n) is 0.725. The molecule has 0 aliphatic carbocycles. The normalized spacial score (nSPS) is 9.83. The zero-order valence-corrected chi connectivity index (χ0v) is 10.2. The van der Waals surface area contributed by atoms with E-state index in [1.165, 1.54) is 6.07 Å². The quantitative estimate of drug-likeness (QED) is 0.719. The molecule has 3 N–H and O–H groups in total. The highest BCUT2D eigenvalue weighted by atomic mass is 127. The van der Waals surface area contributed by atoms with Gasteiger partial charge < -0.3 is 10.8 Å². The summed E-state index contributed by atoms with van der Waals surface area (Å²) in [6.07, 6.45) is 0. The summed E-state index contributed by atoms with van der Waals surface area (Å²) < 4.78 is 1.29. The molecule has 64 valence electrons. The molecule has 3 nitrogen and oxygen atoms in total. The molecule has 0 bridgehead atoms. The highest BCUT2D eigenvalue weighted by Gasteiger charge is 2.09. The number of halogens is 2. The molecule has 0 fully saturated rings. The third-order valence-electron chi connectivity index (χ3n) is 1.30. The largest absolute Gasteiger partial charge is 0.507 e. The average molecular weight is 389 g/mol. The first-order valence-corrected chi connectivity index (χ1v) is 5.16. The molecule has 0 spiro atoms. The number of hydrogen-bond donors (Lipinski definition) is 2. The van der Waals surface area contributed by atoms with Crippen LogP contribution in [0.15, 0.2) is 12.1 Å². The number of nitrogens with two attached hydrogens (primary N) is 1. The summed E-state index contributed by atoms with van der Waals surface area (Å²) in [6.45, 7) is 0. The van der Waals surface area contributed by atoms with Crippen LogP contribution in [0.1, 0.15) is 10.4 Å². The van der Waals surface area contributed by atoms with E-state index in [-0.39, 0.29) is 5.75 Å². The summed E-state index contributed by atoms with van der Waals surface area (Å²) in [4.78, 5) is 10.8. The van der Waals surface area contributed by atoms with Crippen LogP contribution in [-0.2, 0) is 0 Å². The topological polar surface area (TPSA) is 63.3 Å². The Balaban J connectivity index is 3.33. The number of hydrogen-bond acceptors (Lipinski definition) is 2. The lowest BCUT2D eigenvalue weighted by molar-refractivity contribution is 0.0999. The Morgan fingerprint density at radius 1 is 1.33 bits per heavy atom. The van der Waals surface area contributed by atoms with E-state index in [0.717, 1.165) is 0 Å². The van der Waals surface area contributed by atoms with E-state index in [2.05, 4.69) is 0 Å². The maximum absolute atomic E-state index is 10.8. The molecule has 0 aromatic heterocycles. The number of amides is 1. The van der Waals surface area contributed by atoms with Crippen LogP contribution in [0, 0.1) is 7.14 Å². The molecule has 0 aliphatic heterocycles. The van der Waals surface area contributed by atoms with Crippen molar-refractivity contribution < 1.29 is 9.90 Å². The van der Waals surface area contributed by atoms with Crippen molar-refractivity contribution in [1.29, 1.82) is 0 Å². The van der Waals surface area contributed by atoms with Gasteiger partial charge in [0.2, 0.25) is 5.91 Å². The van der Waals surface area contributed by atoms with Gasteiger partial charge in [-0.3, -0.25) is 4.79 Å². The van der Waals surface area contributed by atoms with Gasteiger partial charge in [0.05, 0.1) is 9.13 Å². The summed E-state index contributed by atoms with van der Waals surface area (Å²) in [6, 6.07) is 3.09. The smallest absolute Gasteiger partial charge is 0.249 e. The maximum Gasteiger partial charge on any atom is 0.249 e. The van der Waals surface area contributed by atoms with Gasteiger partial charge in [-0.05, 0) is 57.3 Å². The summed E-state index contributed by atoms with van der Waals surface area (Å²) in [7, 11) is 0. The lowest BCUT2D eigenvalue weighted by Crippen LogP contribution is -2.12. The lowest BCUT2D eigenvalue weighted by atomic mass is 10.2. The minimum Gasteiger partial charge on any atom is -0.507 e. The van der Waals surface area contributed by atoms with E-state index in [1.807, 2.05) is 45.2 Å². The molecular formula is C7H5I2NO2. The highest BCUT2D eigenvalue weighted by Crippen LogP contribution is 2.24. The van der Waals surface area contributed by atoms with Gasteiger partial charge in [-0.1, -0.05) is 0 Å². The van der Waals surface area contributed by atoms with Gasteiger partial charge >= 0.3 is 0 Å². The molecule has 1 amide bonds. The summed E-state index contributed by atoms with van der Waals surface area (Å²) in [5.41, 5.74) is 5.55. The molecule has 0 radical (unpaired) electrons. The second kappa shape index (κ2) is 3.77. The third kappa shape index (κ3) is 2.00.